The highest BCUT2D eigenvalue weighted by atomic mass is 35.5. The van der Waals surface area contributed by atoms with Gasteiger partial charge in [0.1, 0.15) is 0 Å². The number of hydrogen-bond acceptors (Lipinski definition) is 3. The number of amides is 1. The molecule has 1 amide bonds. The molecule has 0 aromatic heterocycles. The highest BCUT2D eigenvalue weighted by Gasteiger charge is 2.63. The molecule has 8 heteroatoms. The molecule has 0 spiro atoms. The summed E-state index contributed by atoms with van der Waals surface area (Å²) in [6, 6.07) is 18.4. The molecule has 0 radical (unpaired) electrons. The summed E-state index contributed by atoms with van der Waals surface area (Å²) in [6.07, 6.45) is 11.9. The number of fused-ring (bicyclic) bond motifs is 1. The Hall–Kier alpha value is -3.04. The predicted molar refractivity (Wildman–Crippen MR) is 156 cm³/mol. The SMILES string of the molecule is C#C.N[C@@H](Cc1ccccc1)C(=O)N1C2/C(=C\c3ccc(Cl)c(Cl)c3)C(=O)/C(=C/c3ccc(Cl)c(Cl)c3)C21. The number of carbonyl (C=O) groups excluding carboxylic acids is 2. The number of halogens is 4. The first-order valence-electron chi connectivity index (χ1n) is 11.6. The molecule has 2 N–H and O–H groups in total. The molecule has 1 aliphatic heterocycles. The Labute approximate surface area is 241 Å². The second kappa shape index (κ2) is 11.8. The van der Waals surface area contributed by atoms with Crippen molar-refractivity contribution in [2.24, 2.45) is 5.73 Å². The van der Waals surface area contributed by atoms with Crippen LogP contribution in [0.5, 0.6) is 0 Å². The Morgan fingerprint density at radius 1 is 0.816 bits per heavy atom. The smallest absolute Gasteiger partial charge is 0.241 e. The molecule has 1 heterocycles. The summed E-state index contributed by atoms with van der Waals surface area (Å²) < 4.78 is 0. The van der Waals surface area contributed by atoms with Crippen molar-refractivity contribution in [1.82, 2.24) is 4.90 Å². The minimum Gasteiger partial charge on any atom is -0.322 e. The Morgan fingerprint density at radius 3 is 1.74 bits per heavy atom. The van der Waals surface area contributed by atoms with Gasteiger partial charge in [0.15, 0.2) is 5.78 Å². The van der Waals surface area contributed by atoms with Crippen molar-refractivity contribution < 1.29 is 9.59 Å². The lowest BCUT2D eigenvalue weighted by molar-refractivity contribution is -0.128. The Kier molecular flexibility index (Phi) is 8.67. The molecule has 3 aromatic carbocycles. The molecule has 1 aliphatic carbocycles. The first-order valence-corrected chi connectivity index (χ1v) is 13.1. The van der Waals surface area contributed by atoms with Gasteiger partial charge in [-0.05, 0) is 59.5 Å². The van der Waals surface area contributed by atoms with Gasteiger partial charge in [-0.1, -0.05) is 88.9 Å². The normalized spacial score (nSPS) is 20.6. The fraction of sp³-hybridized carbons (Fsp3) is 0.133. The Bertz CT molecular complexity index is 1400. The Balaban J connectivity index is 0.00000164. The first-order chi connectivity index (χ1) is 18.2. The molecule has 2 aliphatic rings. The average Bonchev–Trinajstić information content (AvgIpc) is 3.59. The summed E-state index contributed by atoms with van der Waals surface area (Å²) in [5.74, 6) is -0.343. The van der Waals surface area contributed by atoms with Gasteiger partial charge in [0, 0.05) is 11.1 Å². The van der Waals surface area contributed by atoms with E-state index < -0.39 is 18.1 Å². The van der Waals surface area contributed by atoms with Crippen LogP contribution in [0.2, 0.25) is 20.1 Å². The van der Waals surface area contributed by atoms with Crippen molar-refractivity contribution in [2.75, 3.05) is 0 Å². The van der Waals surface area contributed by atoms with Crippen LogP contribution >= 0.6 is 46.4 Å². The first kappa shape index (κ1) is 28.0. The molecule has 2 fully saturated rings. The van der Waals surface area contributed by atoms with Crippen molar-refractivity contribution in [3.05, 3.63) is 115 Å². The van der Waals surface area contributed by atoms with E-state index in [0.717, 1.165) is 16.7 Å². The number of piperidine rings is 1. The third-order valence-electron chi connectivity index (χ3n) is 6.37. The van der Waals surface area contributed by atoms with Crippen LogP contribution in [-0.2, 0) is 16.0 Å². The summed E-state index contributed by atoms with van der Waals surface area (Å²) in [5.41, 5.74) is 9.73. The molecule has 4 nitrogen and oxygen atoms in total. The highest BCUT2D eigenvalue weighted by molar-refractivity contribution is 6.42. The second-order valence-electron chi connectivity index (χ2n) is 8.81. The van der Waals surface area contributed by atoms with Crippen LogP contribution in [0, 0.1) is 12.8 Å². The van der Waals surface area contributed by atoms with E-state index in [0.29, 0.717) is 37.7 Å². The van der Waals surface area contributed by atoms with Crippen molar-refractivity contribution in [3.63, 3.8) is 0 Å². The molecular weight excluding hydrogens is 562 g/mol. The average molecular weight is 584 g/mol. The minimum atomic E-state index is -0.731. The van der Waals surface area contributed by atoms with E-state index in [1.54, 1.807) is 53.5 Å². The molecule has 1 saturated carbocycles. The van der Waals surface area contributed by atoms with Crippen LogP contribution in [0.25, 0.3) is 12.2 Å². The lowest BCUT2D eigenvalue weighted by Crippen LogP contribution is -2.39. The van der Waals surface area contributed by atoms with Crippen molar-refractivity contribution in [1.29, 1.82) is 0 Å². The lowest BCUT2D eigenvalue weighted by atomic mass is 10.0. The van der Waals surface area contributed by atoms with Gasteiger partial charge >= 0.3 is 0 Å². The van der Waals surface area contributed by atoms with Crippen LogP contribution < -0.4 is 5.73 Å². The topological polar surface area (TPSA) is 63.2 Å². The molecule has 3 aromatic rings. The summed E-state index contributed by atoms with van der Waals surface area (Å²) in [5, 5.41) is 1.61. The number of likely N-dealkylation sites (tertiary alicyclic amines) is 1. The number of carbonyl (C=O) groups is 2. The maximum Gasteiger partial charge on any atom is 0.241 e. The summed E-state index contributed by atoms with van der Waals surface area (Å²) in [4.78, 5) is 28.5. The van der Waals surface area contributed by atoms with E-state index >= 15 is 0 Å². The quantitative estimate of drug-likeness (QED) is 0.205. The van der Waals surface area contributed by atoms with E-state index in [1.165, 1.54) is 0 Å². The lowest BCUT2D eigenvalue weighted by Gasteiger charge is -2.16. The van der Waals surface area contributed by atoms with Crippen LogP contribution in [0.4, 0.5) is 0 Å². The third-order valence-corrected chi connectivity index (χ3v) is 7.85. The number of nitrogens with zero attached hydrogens (tertiary/aromatic N) is 1. The molecule has 3 atom stereocenters. The number of benzene rings is 3. The number of ketones is 1. The molecule has 38 heavy (non-hydrogen) atoms. The van der Waals surface area contributed by atoms with Crippen LogP contribution in [-0.4, -0.2) is 34.7 Å². The zero-order valence-electron chi connectivity index (χ0n) is 20.0. The fourth-order valence-corrected chi connectivity index (χ4v) is 5.21. The van der Waals surface area contributed by atoms with Gasteiger partial charge in [-0.15, -0.1) is 12.8 Å². The van der Waals surface area contributed by atoms with Crippen LogP contribution in [0.3, 0.4) is 0 Å². The number of rotatable bonds is 5. The van der Waals surface area contributed by atoms with Gasteiger partial charge in [-0.2, -0.15) is 0 Å². The number of hydrogen-bond donors (Lipinski definition) is 1. The molecule has 2 unspecified atom stereocenters. The molecular formula is C30H22Cl4N2O2. The van der Waals surface area contributed by atoms with Gasteiger partial charge in [-0.3, -0.25) is 9.59 Å². The van der Waals surface area contributed by atoms with E-state index in [2.05, 4.69) is 12.8 Å². The van der Waals surface area contributed by atoms with Gasteiger partial charge in [0.05, 0.1) is 38.2 Å². The summed E-state index contributed by atoms with van der Waals surface area (Å²) in [6.45, 7) is 0. The van der Waals surface area contributed by atoms with E-state index in [9.17, 15) is 9.59 Å². The largest absolute Gasteiger partial charge is 0.322 e. The monoisotopic (exact) mass is 582 g/mol. The number of terminal acetylenes is 1. The number of nitrogens with two attached hydrogens (primary N) is 1. The van der Waals surface area contributed by atoms with Gasteiger partial charge in [0.25, 0.3) is 0 Å². The van der Waals surface area contributed by atoms with E-state index in [4.69, 9.17) is 52.1 Å². The van der Waals surface area contributed by atoms with Crippen molar-refractivity contribution in [3.8, 4) is 12.8 Å². The van der Waals surface area contributed by atoms with Crippen LogP contribution in [0.15, 0.2) is 77.9 Å². The zero-order valence-corrected chi connectivity index (χ0v) is 23.0. The Morgan fingerprint density at radius 2 is 1.29 bits per heavy atom. The van der Waals surface area contributed by atoms with Gasteiger partial charge < -0.3 is 10.6 Å². The highest BCUT2D eigenvalue weighted by Crippen LogP contribution is 2.49. The van der Waals surface area contributed by atoms with Gasteiger partial charge in [-0.25, -0.2) is 0 Å². The van der Waals surface area contributed by atoms with E-state index in [-0.39, 0.29) is 11.7 Å². The molecule has 192 valence electrons. The molecule has 0 bridgehead atoms. The van der Waals surface area contributed by atoms with Crippen LogP contribution in [0.1, 0.15) is 16.7 Å². The number of Topliss-reactive ketones (excluding diaryl/α,β-unsaturated/α-hetero) is 1. The van der Waals surface area contributed by atoms with Gasteiger partial charge in [0.2, 0.25) is 5.91 Å². The summed E-state index contributed by atoms with van der Waals surface area (Å²) >= 11 is 24.5. The van der Waals surface area contributed by atoms with E-state index in [1.807, 2.05) is 30.3 Å². The second-order valence-corrected chi connectivity index (χ2v) is 10.4. The standard InChI is InChI=1S/C28H20Cl4N2O2.C2H2/c29-20-8-6-16(12-22(20)31)10-18-25-26(19(27(18)35)11-17-7-9-21(30)23(32)13-17)34(25)28(36)24(33)14-15-4-2-1-3-5-15;1-2/h1-13,24-26H,14,33H2;1-2H/b18-10+,19-11+;/t24-,25?,26?,34?;/m0./s1. The van der Waals surface area contributed by atoms with Crippen molar-refractivity contribution >= 4 is 70.2 Å². The zero-order chi connectivity index (χ0) is 27.6. The minimum absolute atomic E-state index is 0.136. The maximum absolute atomic E-state index is 13.5. The predicted octanol–water partition coefficient (Wildman–Crippen LogP) is 6.75. The summed E-state index contributed by atoms with van der Waals surface area (Å²) in [7, 11) is 0. The maximum atomic E-state index is 13.5. The fourth-order valence-electron chi connectivity index (χ4n) is 4.59. The van der Waals surface area contributed by atoms with Crippen molar-refractivity contribution in [2.45, 2.75) is 24.5 Å². The molecule has 1 saturated heterocycles. The third kappa shape index (κ3) is 5.68. The molecule has 5 rings (SSSR count).